The van der Waals surface area contributed by atoms with E-state index in [0.717, 1.165) is 0 Å². The van der Waals surface area contributed by atoms with E-state index in [1.165, 1.54) is 48.8 Å². The van der Waals surface area contributed by atoms with Crippen molar-refractivity contribution in [3.05, 3.63) is 72.6 Å². The predicted molar refractivity (Wildman–Crippen MR) is 116 cm³/mol. The zero-order chi connectivity index (χ0) is 22.5. The highest BCUT2D eigenvalue weighted by atomic mass is 32.2. The summed E-state index contributed by atoms with van der Waals surface area (Å²) >= 11 is 0. The van der Waals surface area contributed by atoms with Crippen molar-refractivity contribution in [2.45, 2.75) is 23.1 Å². The van der Waals surface area contributed by atoms with Gasteiger partial charge in [0.1, 0.15) is 0 Å². The van der Waals surface area contributed by atoms with Gasteiger partial charge in [0.25, 0.3) is 15.9 Å². The molecule has 31 heavy (non-hydrogen) atoms. The monoisotopic (exact) mass is 460 g/mol. The summed E-state index contributed by atoms with van der Waals surface area (Å²) < 4.78 is 52.0. The van der Waals surface area contributed by atoms with Gasteiger partial charge in [-0.1, -0.05) is 19.1 Å². The topological polar surface area (TPSA) is 135 Å². The molecule has 11 heteroatoms. The van der Waals surface area contributed by atoms with E-state index in [9.17, 15) is 21.6 Å². The molecule has 0 bridgehead atoms. The van der Waals surface area contributed by atoms with E-state index in [-0.39, 0.29) is 27.1 Å². The van der Waals surface area contributed by atoms with Crippen LogP contribution in [0.1, 0.15) is 23.7 Å². The third-order valence-corrected chi connectivity index (χ3v) is 7.47. The van der Waals surface area contributed by atoms with Crippen molar-refractivity contribution in [1.29, 1.82) is 0 Å². The zero-order valence-electron chi connectivity index (χ0n) is 16.5. The van der Waals surface area contributed by atoms with Gasteiger partial charge in [-0.15, -0.1) is 0 Å². The first-order chi connectivity index (χ1) is 14.7. The third kappa shape index (κ3) is 5.44. The van der Waals surface area contributed by atoms with Crippen molar-refractivity contribution in [3.63, 3.8) is 0 Å². The van der Waals surface area contributed by atoms with Gasteiger partial charge in [-0.2, -0.15) is 0 Å². The molecular formula is C20H20N4O5S2. The standard InChI is InChI=1S/C20H20N4O5S2/c1-2-14-30(26,27)18-7-4-3-6-17(18)19(25)23-15-8-10-16(11-9-15)31(28,29)24-20-21-12-5-13-22-20/h3-13H,2,14H2,1H3,(H,23,25)(H,21,22,24). The second kappa shape index (κ2) is 9.23. The van der Waals surface area contributed by atoms with Gasteiger partial charge < -0.3 is 5.32 Å². The molecule has 3 rings (SSSR count). The Morgan fingerprint density at radius 2 is 1.55 bits per heavy atom. The molecule has 1 aromatic heterocycles. The number of nitrogens with one attached hydrogen (secondary N) is 2. The van der Waals surface area contributed by atoms with Crippen LogP contribution in [0.3, 0.4) is 0 Å². The summed E-state index contributed by atoms with van der Waals surface area (Å²) in [5.41, 5.74) is 0.332. The molecule has 0 aliphatic rings. The molecule has 0 saturated carbocycles. The largest absolute Gasteiger partial charge is 0.322 e. The van der Waals surface area contributed by atoms with Crippen molar-refractivity contribution in [3.8, 4) is 0 Å². The molecule has 0 spiro atoms. The maximum absolute atomic E-state index is 12.7. The van der Waals surface area contributed by atoms with Crippen LogP contribution in [-0.2, 0) is 19.9 Å². The Bertz CT molecular complexity index is 1280. The average molecular weight is 461 g/mol. The number of carbonyl (C=O) groups is 1. The number of benzene rings is 2. The van der Waals surface area contributed by atoms with Crippen LogP contribution in [0, 0.1) is 0 Å². The Labute approximate surface area is 180 Å². The number of rotatable bonds is 8. The minimum atomic E-state index is -3.91. The SMILES string of the molecule is CCCS(=O)(=O)c1ccccc1C(=O)Nc1ccc(S(=O)(=O)Nc2ncccn2)cc1. The summed E-state index contributed by atoms with van der Waals surface area (Å²) in [7, 11) is -7.50. The summed E-state index contributed by atoms with van der Waals surface area (Å²) in [4.78, 5) is 20.2. The van der Waals surface area contributed by atoms with Crippen molar-refractivity contribution in [2.75, 3.05) is 15.8 Å². The fraction of sp³-hybridized carbons (Fsp3) is 0.150. The Hall–Kier alpha value is -3.31. The van der Waals surface area contributed by atoms with E-state index in [4.69, 9.17) is 0 Å². The molecule has 0 aliphatic carbocycles. The van der Waals surface area contributed by atoms with Crippen molar-refractivity contribution < 1.29 is 21.6 Å². The molecule has 0 fully saturated rings. The van der Waals surface area contributed by atoms with Crippen LogP contribution in [-0.4, -0.2) is 38.5 Å². The summed E-state index contributed by atoms with van der Waals surface area (Å²) in [5, 5.41) is 2.60. The first-order valence-corrected chi connectivity index (χ1v) is 12.4. The highest BCUT2D eigenvalue weighted by Gasteiger charge is 2.22. The number of carbonyl (C=O) groups excluding carboxylic acids is 1. The molecular weight excluding hydrogens is 440 g/mol. The normalized spacial score (nSPS) is 11.6. The molecule has 0 saturated heterocycles. The summed E-state index contributed by atoms with van der Waals surface area (Å²) in [6.07, 6.45) is 3.24. The lowest BCUT2D eigenvalue weighted by molar-refractivity contribution is 0.102. The minimum absolute atomic E-state index is 0.0236. The third-order valence-electron chi connectivity index (χ3n) is 4.15. The molecule has 162 valence electrons. The zero-order valence-corrected chi connectivity index (χ0v) is 18.2. The van der Waals surface area contributed by atoms with Crippen LogP contribution < -0.4 is 10.0 Å². The van der Waals surface area contributed by atoms with Crippen LogP contribution >= 0.6 is 0 Å². The van der Waals surface area contributed by atoms with E-state index in [1.807, 2.05) is 0 Å². The highest BCUT2D eigenvalue weighted by molar-refractivity contribution is 7.92. The average Bonchev–Trinajstić information content (AvgIpc) is 2.74. The van der Waals surface area contributed by atoms with Gasteiger partial charge in [-0.05, 0) is 48.9 Å². The fourth-order valence-corrected chi connectivity index (χ4v) is 5.25. The molecule has 2 N–H and O–H groups in total. The first kappa shape index (κ1) is 22.4. The number of sulfonamides is 1. The number of hydrogen-bond donors (Lipinski definition) is 2. The number of hydrogen-bond acceptors (Lipinski definition) is 7. The van der Waals surface area contributed by atoms with Crippen molar-refractivity contribution in [1.82, 2.24) is 9.97 Å². The van der Waals surface area contributed by atoms with Crippen LogP contribution in [0.15, 0.2) is 76.8 Å². The van der Waals surface area contributed by atoms with Gasteiger partial charge in [-0.3, -0.25) is 4.79 Å². The number of anilines is 2. The van der Waals surface area contributed by atoms with Crippen LogP contribution in [0.5, 0.6) is 0 Å². The maximum atomic E-state index is 12.7. The first-order valence-electron chi connectivity index (χ1n) is 9.26. The van der Waals surface area contributed by atoms with E-state index in [1.54, 1.807) is 25.1 Å². The maximum Gasteiger partial charge on any atom is 0.264 e. The van der Waals surface area contributed by atoms with Crippen LogP contribution in [0.2, 0.25) is 0 Å². The number of nitrogens with zero attached hydrogens (tertiary/aromatic N) is 2. The van der Waals surface area contributed by atoms with E-state index in [2.05, 4.69) is 20.0 Å². The van der Waals surface area contributed by atoms with Crippen molar-refractivity contribution in [2.24, 2.45) is 0 Å². The number of aromatic nitrogens is 2. The second-order valence-electron chi connectivity index (χ2n) is 6.47. The lowest BCUT2D eigenvalue weighted by Gasteiger charge is -2.11. The summed E-state index contributed by atoms with van der Waals surface area (Å²) in [6.45, 7) is 1.74. The molecule has 0 atom stereocenters. The molecule has 0 unspecified atom stereocenters. The molecule has 0 radical (unpaired) electrons. The summed E-state index contributed by atoms with van der Waals surface area (Å²) in [5.74, 6) is -0.742. The Balaban J connectivity index is 1.79. The van der Waals surface area contributed by atoms with E-state index < -0.39 is 25.8 Å². The predicted octanol–water partition coefficient (Wildman–Crippen LogP) is 2.71. The second-order valence-corrected chi connectivity index (χ2v) is 10.2. The quantitative estimate of drug-likeness (QED) is 0.527. The molecule has 3 aromatic rings. The van der Waals surface area contributed by atoms with Crippen molar-refractivity contribution >= 4 is 37.4 Å². The number of sulfone groups is 1. The summed E-state index contributed by atoms with van der Waals surface area (Å²) in [6, 6.07) is 12.9. The van der Waals surface area contributed by atoms with Gasteiger partial charge in [0, 0.05) is 18.1 Å². The fourth-order valence-electron chi connectivity index (χ4n) is 2.75. The van der Waals surface area contributed by atoms with Gasteiger partial charge in [0.15, 0.2) is 9.84 Å². The van der Waals surface area contributed by atoms with E-state index in [0.29, 0.717) is 12.1 Å². The highest BCUT2D eigenvalue weighted by Crippen LogP contribution is 2.21. The molecule has 0 aliphatic heterocycles. The van der Waals surface area contributed by atoms with Crippen LogP contribution in [0.25, 0.3) is 0 Å². The Morgan fingerprint density at radius 1 is 0.903 bits per heavy atom. The molecule has 1 amide bonds. The van der Waals surface area contributed by atoms with Gasteiger partial charge in [0.05, 0.1) is 21.1 Å². The lowest BCUT2D eigenvalue weighted by Crippen LogP contribution is -2.18. The molecule has 1 heterocycles. The lowest BCUT2D eigenvalue weighted by atomic mass is 10.2. The molecule has 9 nitrogen and oxygen atoms in total. The van der Waals surface area contributed by atoms with E-state index >= 15 is 0 Å². The van der Waals surface area contributed by atoms with Gasteiger partial charge in [-0.25, -0.2) is 31.5 Å². The van der Waals surface area contributed by atoms with Crippen LogP contribution in [0.4, 0.5) is 11.6 Å². The Morgan fingerprint density at radius 3 is 2.19 bits per heavy atom. The minimum Gasteiger partial charge on any atom is -0.322 e. The number of amides is 1. The molecule has 2 aromatic carbocycles. The van der Waals surface area contributed by atoms with Gasteiger partial charge in [0.2, 0.25) is 5.95 Å². The van der Waals surface area contributed by atoms with Gasteiger partial charge >= 0.3 is 0 Å². The smallest absolute Gasteiger partial charge is 0.264 e. The Kier molecular flexibility index (Phi) is 6.66.